The van der Waals surface area contributed by atoms with E-state index in [-0.39, 0.29) is 5.56 Å². The second-order valence-electron chi connectivity index (χ2n) is 9.57. The zero-order valence-corrected chi connectivity index (χ0v) is 21.5. The number of aliphatic hydroxyl groups is 1. The van der Waals surface area contributed by atoms with Crippen LogP contribution in [0.2, 0.25) is 5.02 Å². The van der Waals surface area contributed by atoms with Gasteiger partial charge in [0.2, 0.25) is 0 Å². The van der Waals surface area contributed by atoms with Gasteiger partial charge in [-0.1, -0.05) is 67.9 Å². The first-order valence-corrected chi connectivity index (χ1v) is 12.3. The Morgan fingerprint density at radius 1 is 0.944 bits per heavy atom. The van der Waals surface area contributed by atoms with E-state index in [1.807, 2.05) is 66.2 Å². The monoisotopic (exact) mass is 497 g/mol. The van der Waals surface area contributed by atoms with Gasteiger partial charge < -0.3 is 14.2 Å². The molecule has 1 unspecified atom stereocenters. The van der Waals surface area contributed by atoms with Crippen LogP contribution in [0.1, 0.15) is 42.1 Å². The fourth-order valence-electron chi connectivity index (χ4n) is 4.86. The number of benzene rings is 3. The van der Waals surface area contributed by atoms with Crippen LogP contribution in [0.15, 0.2) is 90.1 Å². The molecule has 182 valence electrons. The van der Waals surface area contributed by atoms with E-state index in [0.29, 0.717) is 22.2 Å². The molecule has 3 aromatic carbocycles. The lowest BCUT2D eigenvalue weighted by molar-refractivity contribution is 0.117. The Kier molecular flexibility index (Phi) is 6.07. The highest BCUT2D eigenvalue weighted by Gasteiger charge is 2.37. The van der Waals surface area contributed by atoms with Crippen LogP contribution in [0.4, 0.5) is 0 Å². The van der Waals surface area contributed by atoms with Crippen molar-refractivity contribution in [1.82, 2.24) is 14.1 Å². The minimum atomic E-state index is -1.46. The highest BCUT2D eigenvalue weighted by Crippen LogP contribution is 2.39. The molecule has 2 heterocycles. The van der Waals surface area contributed by atoms with Gasteiger partial charge in [0.05, 0.1) is 23.7 Å². The Labute approximate surface area is 215 Å². The number of hydrogen-bond donors (Lipinski definition) is 1. The number of nitrogens with zero attached hydrogens (tertiary/aromatic N) is 3. The third-order valence-corrected chi connectivity index (χ3v) is 7.22. The first kappa shape index (κ1) is 24.0. The highest BCUT2D eigenvalue weighted by molar-refractivity contribution is 6.30. The van der Waals surface area contributed by atoms with Crippen molar-refractivity contribution in [3.8, 4) is 11.1 Å². The molecular weight excluding hydrogens is 470 g/mol. The summed E-state index contributed by atoms with van der Waals surface area (Å²) >= 11 is 6.29. The lowest BCUT2D eigenvalue weighted by atomic mass is 9.82. The molecule has 1 atom stereocenters. The van der Waals surface area contributed by atoms with Gasteiger partial charge in [-0.2, -0.15) is 0 Å². The maximum absolute atomic E-state index is 12.8. The van der Waals surface area contributed by atoms with Gasteiger partial charge in [-0.3, -0.25) is 4.79 Å². The molecular formula is C30H28ClN3O2. The molecule has 0 aliphatic heterocycles. The van der Waals surface area contributed by atoms with Crippen LogP contribution in [0, 0.1) is 0 Å². The minimum Gasteiger partial charge on any atom is -0.374 e. The van der Waals surface area contributed by atoms with Gasteiger partial charge in [-0.15, -0.1) is 0 Å². The third kappa shape index (κ3) is 3.94. The molecule has 0 radical (unpaired) electrons. The molecule has 0 saturated carbocycles. The van der Waals surface area contributed by atoms with Crippen LogP contribution >= 0.6 is 11.6 Å². The molecule has 5 rings (SSSR count). The fraction of sp³-hybridized carbons (Fsp3) is 0.200. The molecule has 0 aliphatic rings. The fourth-order valence-corrected chi connectivity index (χ4v) is 5.05. The van der Waals surface area contributed by atoms with E-state index in [9.17, 15) is 9.90 Å². The molecule has 0 fully saturated rings. The molecule has 2 aromatic heterocycles. The van der Waals surface area contributed by atoms with Crippen molar-refractivity contribution in [2.24, 2.45) is 14.1 Å². The quantitative estimate of drug-likeness (QED) is 0.324. The van der Waals surface area contributed by atoms with Crippen molar-refractivity contribution >= 4 is 22.5 Å². The van der Waals surface area contributed by atoms with Crippen LogP contribution in [0.5, 0.6) is 0 Å². The summed E-state index contributed by atoms with van der Waals surface area (Å²) in [5.74, 6) is 0.381. The molecule has 36 heavy (non-hydrogen) atoms. The minimum absolute atomic E-state index is 0.114. The van der Waals surface area contributed by atoms with E-state index >= 15 is 0 Å². The van der Waals surface area contributed by atoms with E-state index in [4.69, 9.17) is 11.6 Å². The summed E-state index contributed by atoms with van der Waals surface area (Å²) in [4.78, 5) is 17.1. The molecule has 5 aromatic rings. The SMILES string of the molecule is CC(C)c1ccc(C(O)(c2ccc3c(c2)c(-c2cccc(Cl)c2)cc(=O)n3C)c2cncn2C)cc1. The average molecular weight is 498 g/mol. The van der Waals surface area contributed by atoms with Gasteiger partial charge in [-0.05, 0) is 58.0 Å². The lowest BCUT2D eigenvalue weighted by Crippen LogP contribution is -2.31. The van der Waals surface area contributed by atoms with Gasteiger partial charge in [0.15, 0.2) is 5.60 Å². The van der Waals surface area contributed by atoms with Crippen LogP contribution < -0.4 is 5.56 Å². The molecule has 0 saturated heterocycles. The van der Waals surface area contributed by atoms with Crippen molar-refractivity contribution < 1.29 is 5.11 Å². The van der Waals surface area contributed by atoms with Gasteiger partial charge in [-0.25, -0.2) is 4.98 Å². The zero-order chi connectivity index (χ0) is 25.6. The normalized spacial score (nSPS) is 13.3. The Hall–Kier alpha value is -3.67. The molecule has 6 heteroatoms. The van der Waals surface area contributed by atoms with Gasteiger partial charge in [0.25, 0.3) is 5.56 Å². The number of hydrogen-bond acceptors (Lipinski definition) is 3. The summed E-state index contributed by atoms with van der Waals surface area (Å²) in [5.41, 5.74) is 4.06. The maximum atomic E-state index is 12.8. The summed E-state index contributed by atoms with van der Waals surface area (Å²) in [6.45, 7) is 4.29. The highest BCUT2D eigenvalue weighted by atomic mass is 35.5. The number of aryl methyl sites for hydroxylation is 2. The Bertz CT molecular complexity index is 1630. The zero-order valence-electron chi connectivity index (χ0n) is 20.7. The number of imidazole rings is 1. The van der Waals surface area contributed by atoms with Gasteiger partial charge >= 0.3 is 0 Å². The molecule has 0 amide bonds. The van der Waals surface area contributed by atoms with Gasteiger partial charge in [0.1, 0.15) is 0 Å². The topological polar surface area (TPSA) is 60.0 Å². The van der Waals surface area contributed by atoms with E-state index in [0.717, 1.165) is 27.6 Å². The van der Waals surface area contributed by atoms with Crippen molar-refractivity contribution in [3.63, 3.8) is 0 Å². The van der Waals surface area contributed by atoms with Crippen LogP contribution in [-0.2, 0) is 19.7 Å². The van der Waals surface area contributed by atoms with Gasteiger partial charge in [0, 0.05) is 30.6 Å². The summed E-state index contributed by atoms with van der Waals surface area (Å²) in [5, 5.41) is 13.9. The van der Waals surface area contributed by atoms with Crippen molar-refractivity contribution in [3.05, 3.63) is 123 Å². The number of halogens is 1. The lowest BCUT2D eigenvalue weighted by Gasteiger charge is -2.30. The van der Waals surface area contributed by atoms with Crippen molar-refractivity contribution in [1.29, 1.82) is 0 Å². The first-order valence-electron chi connectivity index (χ1n) is 11.9. The van der Waals surface area contributed by atoms with Crippen LogP contribution in [-0.4, -0.2) is 19.2 Å². The summed E-state index contributed by atoms with van der Waals surface area (Å²) in [6.07, 6.45) is 3.38. The average Bonchev–Trinajstić information content (AvgIpc) is 3.31. The first-order chi connectivity index (χ1) is 17.2. The second-order valence-corrected chi connectivity index (χ2v) is 10.0. The van der Waals surface area contributed by atoms with Crippen LogP contribution in [0.25, 0.3) is 22.0 Å². The maximum Gasteiger partial charge on any atom is 0.251 e. The second kappa shape index (κ2) is 9.08. The Morgan fingerprint density at radius 3 is 2.31 bits per heavy atom. The Morgan fingerprint density at radius 2 is 1.67 bits per heavy atom. The number of fused-ring (bicyclic) bond motifs is 1. The predicted octanol–water partition coefficient (Wildman–Crippen LogP) is 6.00. The van der Waals surface area contributed by atoms with E-state index in [2.05, 4.69) is 31.0 Å². The van der Waals surface area contributed by atoms with Crippen LogP contribution in [0.3, 0.4) is 0 Å². The smallest absolute Gasteiger partial charge is 0.251 e. The molecule has 5 nitrogen and oxygen atoms in total. The Balaban J connectivity index is 1.81. The molecule has 1 N–H and O–H groups in total. The van der Waals surface area contributed by atoms with E-state index < -0.39 is 5.60 Å². The number of rotatable bonds is 5. The number of pyridine rings is 1. The standard InChI is InChI=1S/C30H28ClN3O2/c1-19(2)20-8-10-22(11-9-20)30(36,28-17-32-18-33(28)3)23-12-13-27-26(15-23)25(16-29(35)34(27)4)21-6-5-7-24(31)14-21/h5-19,36H,1-4H3. The predicted molar refractivity (Wildman–Crippen MR) is 145 cm³/mol. The summed E-state index contributed by atoms with van der Waals surface area (Å²) in [6, 6.07) is 22.9. The van der Waals surface area contributed by atoms with E-state index in [1.54, 1.807) is 30.2 Å². The number of aromatic nitrogens is 3. The molecule has 0 bridgehead atoms. The van der Waals surface area contributed by atoms with Crippen molar-refractivity contribution in [2.45, 2.75) is 25.4 Å². The largest absolute Gasteiger partial charge is 0.374 e. The molecule has 0 spiro atoms. The molecule has 0 aliphatic carbocycles. The summed E-state index contributed by atoms with van der Waals surface area (Å²) in [7, 11) is 3.63. The van der Waals surface area contributed by atoms with Crippen molar-refractivity contribution in [2.75, 3.05) is 0 Å². The third-order valence-electron chi connectivity index (χ3n) is 6.98. The summed E-state index contributed by atoms with van der Waals surface area (Å²) < 4.78 is 3.45. The van der Waals surface area contributed by atoms with E-state index in [1.165, 1.54) is 5.56 Å².